The van der Waals surface area contributed by atoms with Gasteiger partial charge < -0.3 is 10.0 Å². The molecule has 1 aromatic rings. The van der Waals surface area contributed by atoms with Gasteiger partial charge in [-0.05, 0) is 24.6 Å². The molecule has 1 saturated heterocycles. The van der Waals surface area contributed by atoms with Gasteiger partial charge in [0.2, 0.25) is 0 Å². The Hall–Kier alpha value is -0.970. The van der Waals surface area contributed by atoms with Crippen LogP contribution in [0.4, 0.5) is 0 Å². The first-order valence-electron chi connectivity index (χ1n) is 5.46. The number of carbonyl (C=O) groups excluding carboxylic acids is 1. The Balaban J connectivity index is 0.00000180. The Morgan fingerprint density at radius 3 is 2.58 bits per heavy atom. The second-order valence-electron chi connectivity index (χ2n) is 4.20. The Bertz CT molecular complexity index is 507. The molecule has 7 heteroatoms. The van der Waals surface area contributed by atoms with Gasteiger partial charge in [-0.15, -0.1) is 12.4 Å². The maximum atomic E-state index is 12.2. The van der Waals surface area contributed by atoms with E-state index in [9.17, 15) is 9.59 Å². The molecule has 2 rings (SSSR count). The molecule has 1 aromatic carbocycles. The second-order valence-corrected chi connectivity index (χ2v) is 5.04. The molecule has 0 bridgehead atoms. The fourth-order valence-corrected chi connectivity index (χ4v) is 2.35. The van der Waals surface area contributed by atoms with E-state index in [2.05, 4.69) is 0 Å². The van der Waals surface area contributed by atoms with Gasteiger partial charge in [-0.3, -0.25) is 9.59 Å². The SMILES string of the molecule is Cl.O=C(O)C1CCN(C(=O)c2cc(Cl)ccc2Cl)C1. The smallest absolute Gasteiger partial charge is 0.308 e. The van der Waals surface area contributed by atoms with Crippen LogP contribution in [-0.2, 0) is 4.79 Å². The molecule has 0 radical (unpaired) electrons. The molecule has 1 unspecified atom stereocenters. The summed E-state index contributed by atoms with van der Waals surface area (Å²) in [4.78, 5) is 24.5. The molecule has 1 N–H and O–H groups in total. The second kappa shape index (κ2) is 6.46. The highest BCUT2D eigenvalue weighted by Gasteiger charge is 2.31. The Morgan fingerprint density at radius 1 is 1.32 bits per heavy atom. The van der Waals surface area contributed by atoms with E-state index in [-0.39, 0.29) is 24.9 Å². The number of aliphatic carboxylic acids is 1. The largest absolute Gasteiger partial charge is 0.481 e. The van der Waals surface area contributed by atoms with E-state index in [4.69, 9.17) is 28.3 Å². The van der Waals surface area contributed by atoms with Crippen molar-refractivity contribution in [3.63, 3.8) is 0 Å². The van der Waals surface area contributed by atoms with Crippen LogP contribution in [0.3, 0.4) is 0 Å². The molecule has 19 heavy (non-hydrogen) atoms. The minimum atomic E-state index is -0.873. The van der Waals surface area contributed by atoms with Gasteiger partial charge >= 0.3 is 5.97 Å². The number of amides is 1. The van der Waals surface area contributed by atoms with Gasteiger partial charge in [0.05, 0.1) is 16.5 Å². The number of carboxylic acids is 1. The molecular formula is C12H12Cl3NO3. The van der Waals surface area contributed by atoms with Crippen LogP contribution in [0.1, 0.15) is 16.8 Å². The van der Waals surface area contributed by atoms with Crippen molar-refractivity contribution in [2.45, 2.75) is 6.42 Å². The van der Waals surface area contributed by atoms with Gasteiger partial charge in [0, 0.05) is 18.1 Å². The van der Waals surface area contributed by atoms with E-state index in [1.807, 2.05) is 0 Å². The summed E-state index contributed by atoms with van der Waals surface area (Å²) in [5.41, 5.74) is 0.315. The van der Waals surface area contributed by atoms with Gasteiger partial charge in [-0.1, -0.05) is 23.2 Å². The van der Waals surface area contributed by atoms with E-state index >= 15 is 0 Å². The molecule has 1 aliphatic heterocycles. The van der Waals surface area contributed by atoms with Crippen LogP contribution >= 0.6 is 35.6 Å². The average molecular weight is 325 g/mol. The first-order chi connectivity index (χ1) is 8.49. The number of hydrogen-bond acceptors (Lipinski definition) is 2. The molecular weight excluding hydrogens is 312 g/mol. The van der Waals surface area contributed by atoms with Crippen LogP contribution in [0.15, 0.2) is 18.2 Å². The van der Waals surface area contributed by atoms with Crippen molar-refractivity contribution in [3.05, 3.63) is 33.8 Å². The van der Waals surface area contributed by atoms with E-state index in [1.54, 1.807) is 12.1 Å². The van der Waals surface area contributed by atoms with E-state index < -0.39 is 11.9 Å². The van der Waals surface area contributed by atoms with Crippen molar-refractivity contribution in [1.29, 1.82) is 0 Å². The summed E-state index contributed by atoms with van der Waals surface area (Å²) >= 11 is 11.8. The number of benzene rings is 1. The molecule has 1 atom stereocenters. The topological polar surface area (TPSA) is 57.6 Å². The third-order valence-corrected chi connectivity index (χ3v) is 3.55. The predicted octanol–water partition coefficient (Wildman–Crippen LogP) is 2.96. The zero-order valence-electron chi connectivity index (χ0n) is 9.81. The lowest BCUT2D eigenvalue weighted by Crippen LogP contribution is -2.30. The quantitative estimate of drug-likeness (QED) is 0.910. The Morgan fingerprint density at radius 2 is 2.00 bits per heavy atom. The van der Waals surface area contributed by atoms with Crippen LogP contribution in [0, 0.1) is 5.92 Å². The third-order valence-electron chi connectivity index (χ3n) is 2.98. The zero-order chi connectivity index (χ0) is 13.3. The Kier molecular flexibility index (Phi) is 5.47. The van der Waals surface area contributed by atoms with Crippen LogP contribution in [0.25, 0.3) is 0 Å². The van der Waals surface area contributed by atoms with Crippen molar-refractivity contribution in [2.24, 2.45) is 5.92 Å². The van der Waals surface area contributed by atoms with E-state index in [1.165, 1.54) is 11.0 Å². The number of hydrogen-bond donors (Lipinski definition) is 1. The lowest BCUT2D eigenvalue weighted by Gasteiger charge is -2.16. The fourth-order valence-electron chi connectivity index (χ4n) is 1.98. The summed E-state index contributed by atoms with van der Waals surface area (Å²) < 4.78 is 0. The first kappa shape index (κ1) is 16.1. The Labute approximate surface area is 126 Å². The zero-order valence-corrected chi connectivity index (χ0v) is 12.1. The molecule has 0 aromatic heterocycles. The standard InChI is InChI=1S/C12H11Cl2NO3.ClH/c13-8-1-2-10(14)9(5-8)11(16)15-4-3-7(6-15)12(17)18;/h1-2,5,7H,3-4,6H2,(H,17,18);1H. The monoisotopic (exact) mass is 323 g/mol. The van der Waals surface area contributed by atoms with Crippen LogP contribution in [0.2, 0.25) is 10.0 Å². The predicted molar refractivity (Wildman–Crippen MR) is 75.4 cm³/mol. The molecule has 0 spiro atoms. The fraction of sp³-hybridized carbons (Fsp3) is 0.333. The summed E-state index contributed by atoms with van der Waals surface area (Å²) in [5, 5.41) is 9.65. The van der Waals surface area contributed by atoms with Crippen molar-refractivity contribution in [1.82, 2.24) is 4.90 Å². The van der Waals surface area contributed by atoms with Crippen LogP contribution in [0.5, 0.6) is 0 Å². The van der Waals surface area contributed by atoms with Gasteiger partial charge in [-0.2, -0.15) is 0 Å². The van der Waals surface area contributed by atoms with Crippen LogP contribution < -0.4 is 0 Å². The lowest BCUT2D eigenvalue weighted by atomic mass is 10.1. The molecule has 1 amide bonds. The maximum absolute atomic E-state index is 12.2. The minimum absolute atomic E-state index is 0. The third kappa shape index (κ3) is 3.53. The van der Waals surface area contributed by atoms with Gasteiger partial charge in [-0.25, -0.2) is 0 Å². The summed E-state index contributed by atoms with van der Waals surface area (Å²) in [6.45, 7) is 0.648. The van der Waals surface area contributed by atoms with Crippen molar-refractivity contribution >= 4 is 47.5 Å². The summed E-state index contributed by atoms with van der Waals surface area (Å²) in [6.07, 6.45) is 0.471. The molecule has 1 heterocycles. The molecule has 4 nitrogen and oxygen atoms in total. The number of nitrogens with zero attached hydrogens (tertiary/aromatic N) is 1. The van der Waals surface area contributed by atoms with Gasteiger partial charge in [0.25, 0.3) is 5.91 Å². The normalized spacial score (nSPS) is 18.0. The first-order valence-corrected chi connectivity index (χ1v) is 6.22. The highest BCUT2D eigenvalue weighted by Crippen LogP contribution is 2.25. The van der Waals surface area contributed by atoms with Gasteiger partial charge in [0.15, 0.2) is 0 Å². The maximum Gasteiger partial charge on any atom is 0.308 e. The van der Waals surface area contributed by atoms with Crippen molar-refractivity contribution in [2.75, 3.05) is 13.1 Å². The molecule has 0 aliphatic carbocycles. The minimum Gasteiger partial charge on any atom is -0.481 e. The molecule has 104 valence electrons. The number of halogens is 3. The van der Waals surface area contributed by atoms with Crippen molar-refractivity contribution < 1.29 is 14.7 Å². The van der Waals surface area contributed by atoms with Gasteiger partial charge in [0.1, 0.15) is 0 Å². The number of likely N-dealkylation sites (tertiary alicyclic amines) is 1. The average Bonchev–Trinajstić information content (AvgIpc) is 2.81. The summed E-state index contributed by atoms with van der Waals surface area (Å²) in [7, 11) is 0. The van der Waals surface area contributed by atoms with E-state index in [0.29, 0.717) is 28.6 Å². The number of carboxylic acid groups (broad SMARTS) is 1. The number of carbonyl (C=O) groups is 2. The molecule has 1 aliphatic rings. The number of rotatable bonds is 2. The highest BCUT2D eigenvalue weighted by atomic mass is 35.5. The van der Waals surface area contributed by atoms with E-state index in [0.717, 1.165) is 0 Å². The van der Waals surface area contributed by atoms with Crippen molar-refractivity contribution in [3.8, 4) is 0 Å². The summed E-state index contributed by atoms with van der Waals surface area (Å²) in [6, 6.07) is 4.66. The molecule has 1 fully saturated rings. The summed E-state index contributed by atoms with van der Waals surface area (Å²) in [5.74, 6) is -1.64. The lowest BCUT2D eigenvalue weighted by molar-refractivity contribution is -0.141. The molecule has 0 saturated carbocycles. The highest BCUT2D eigenvalue weighted by molar-refractivity contribution is 6.35. The van der Waals surface area contributed by atoms with Crippen LogP contribution in [-0.4, -0.2) is 35.0 Å².